The Morgan fingerprint density at radius 2 is 1.94 bits per heavy atom. The lowest BCUT2D eigenvalue weighted by atomic mass is 9.95. The van der Waals surface area contributed by atoms with E-state index in [0.717, 1.165) is 16.6 Å². The molecule has 16 heavy (non-hydrogen) atoms. The zero-order valence-corrected chi connectivity index (χ0v) is 9.66. The highest BCUT2D eigenvalue weighted by Crippen LogP contribution is 2.25. The molecule has 1 heterocycles. The van der Waals surface area contributed by atoms with Crippen LogP contribution in [0.1, 0.15) is 29.9 Å². The number of aliphatic hydroxyl groups is 1. The fourth-order valence-electron chi connectivity index (χ4n) is 1.88. The van der Waals surface area contributed by atoms with Gasteiger partial charge in [0, 0.05) is 22.2 Å². The van der Waals surface area contributed by atoms with Gasteiger partial charge in [-0.1, -0.05) is 18.2 Å². The van der Waals surface area contributed by atoms with Crippen LogP contribution < -0.4 is 0 Å². The van der Waals surface area contributed by atoms with E-state index in [1.807, 2.05) is 31.2 Å². The topological polar surface area (TPSA) is 53.1 Å². The maximum atomic E-state index is 12.1. The van der Waals surface area contributed by atoms with Gasteiger partial charge in [-0.3, -0.25) is 4.79 Å². The van der Waals surface area contributed by atoms with E-state index in [9.17, 15) is 9.90 Å². The molecular formula is C13H15NO2. The molecule has 0 saturated carbocycles. The zero-order chi connectivity index (χ0) is 11.9. The molecule has 3 nitrogen and oxygen atoms in total. The number of rotatable bonds is 2. The van der Waals surface area contributed by atoms with Crippen LogP contribution in [0.2, 0.25) is 0 Å². The summed E-state index contributed by atoms with van der Waals surface area (Å²) in [5.41, 5.74) is 0.972. The Hall–Kier alpha value is -1.61. The maximum Gasteiger partial charge on any atom is 0.196 e. The van der Waals surface area contributed by atoms with Crippen molar-refractivity contribution in [3.8, 4) is 0 Å². The summed E-state index contributed by atoms with van der Waals surface area (Å²) in [5, 5.41) is 10.6. The number of ketones is 1. The normalized spacial score (nSPS) is 12.0. The van der Waals surface area contributed by atoms with Crippen LogP contribution in [0, 0.1) is 6.92 Å². The highest BCUT2D eigenvalue weighted by molar-refractivity contribution is 6.12. The van der Waals surface area contributed by atoms with Gasteiger partial charge in [0.05, 0.1) is 0 Å². The van der Waals surface area contributed by atoms with E-state index < -0.39 is 5.60 Å². The van der Waals surface area contributed by atoms with Crippen molar-refractivity contribution < 1.29 is 9.90 Å². The molecule has 2 aromatic rings. The standard InChI is InChI=1S/C13H15NO2/c1-8-11(12(15)13(2,3)16)9-6-4-5-7-10(9)14-8/h4-7,14,16H,1-3H3. The first-order chi connectivity index (χ1) is 7.41. The number of aromatic amines is 1. The van der Waals surface area contributed by atoms with Gasteiger partial charge in [0.2, 0.25) is 0 Å². The molecule has 0 aliphatic heterocycles. The molecule has 0 fully saturated rings. The smallest absolute Gasteiger partial charge is 0.196 e. The molecule has 0 aliphatic carbocycles. The van der Waals surface area contributed by atoms with Crippen LogP contribution in [0.15, 0.2) is 24.3 Å². The summed E-state index contributed by atoms with van der Waals surface area (Å²) < 4.78 is 0. The number of Topliss-reactive ketones (excluding diaryl/α,β-unsaturated/α-hetero) is 1. The van der Waals surface area contributed by atoms with Crippen LogP contribution in [0.4, 0.5) is 0 Å². The summed E-state index contributed by atoms with van der Waals surface area (Å²) in [6, 6.07) is 7.61. The fourth-order valence-corrected chi connectivity index (χ4v) is 1.88. The average molecular weight is 217 g/mol. The molecule has 0 amide bonds. The SMILES string of the molecule is Cc1[nH]c2ccccc2c1C(=O)C(C)(C)O. The monoisotopic (exact) mass is 217 g/mol. The second kappa shape index (κ2) is 3.46. The number of H-pyrrole nitrogens is 1. The molecule has 0 spiro atoms. The van der Waals surface area contributed by atoms with Crippen LogP contribution >= 0.6 is 0 Å². The number of carbonyl (C=O) groups excluding carboxylic acids is 1. The molecule has 0 radical (unpaired) electrons. The van der Waals surface area contributed by atoms with Gasteiger partial charge in [-0.25, -0.2) is 0 Å². The van der Waals surface area contributed by atoms with Crippen molar-refractivity contribution in [2.75, 3.05) is 0 Å². The molecule has 2 N–H and O–H groups in total. The molecule has 0 saturated heterocycles. The number of benzene rings is 1. The molecule has 0 bridgehead atoms. The number of hydrogen-bond acceptors (Lipinski definition) is 2. The average Bonchev–Trinajstić information content (AvgIpc) is 2.51. The molecule has 1 aromatic heterocycles. The molecule has 2 rings (SSSR count). The minimum atomic E-state index is -1.34. The van der Waals surface area contributed by atoms with Crippen molar-refractivity contribution in [3.63, 3.8) is 0 Å². The molecule has 0 aliphatic rings. The van der Waals surface area contributed by atoms with E-state index in [4.69, 9.17) is 0 Å². The Balaban J connectivity index is 2.69. The summed E-state index contributed by atoms with van der Waals surface area (Å²) in [4.78, 5) is 15.2. The highest BCUT2D eigenvalue weighted by atomic mass is 16.3. The fraction of sp³-hybridized carbons (Fsp3) is 0.308. The molecule has 0 atom stereocenters. The van der Waals surface area contributed by atoms with E-state index in [-0.39, 0.29) is 5.78 Å². The number of aromatic nitrogens is 1. The largest absolute Gasteiger partial charge is 0.382 e. The quantitative estimate of drug-likeness (QED) is 0.759. The van der Waals surface area contributed by atoms with E-state index >= 15 is 0 Å². The first-order valence-electron chi connectivity index (χ1n) is 5.26. The number of aryl methyl sites for hydroxylation is 1. The first-order valence-corrected chi connectivity index (χ1v) is 5.26. The van der Waals surface area contributed by atoms with E-state index in [2.05, 4.69) is 4.98 Å². The van der Waals surface area contributed by atoms with Crippen LogP contribution in [0.25, 0.3) is 10.9 Å². The van der Waals surface area contributed by atoms with Crippen molar-refractivity contribution in [3.05, 3.63) is 35.5 Å². The van der Waals surface area contributed by atoms with E-state index in [1.165, 1.54) is 13.8 Å². The van der Waals surface area contributed by atoms with Gasteiger partial charge in [-0.15, -0.1) is 0 Å². The lowest BCUT2D eigenvalue weighted by Crippen LogP contribution is -2.31. The minimum Gasteiger partial charge on any atom is -0.382 e. The Labute approximate surface area is 94.1 Å². The summed E-state index contributed by atoms with van der Waals surface area (Å²) in [6.45, 7) is 4.87. The molecular weight excluding hydrogens is 202 g/mol. The lowest BCUT2D eigenvalue weighted by molar-refractivity contribution is 0.0489. The van der Waals surface area contributed by atoms with Gasteiger partial charge in [0.15, 0.2) is 5.78 Å². The van der Waals surface area contributed by atoms with Gasteiger partial charge in [-0.2, -0.15) is 0 Å². The van der Waals surface area contributed by atoms with E-state index in [1.54, 1.807) is 0 Å². The molecule has 0 unspecified atom stereocenters. The predicted molar refractivity (Wildman–Crippen MR) is 63.7 cm³/mol. The third-order valence-corrected chi connectivity index (χ3v) is 2.68. The van der Waals surface area contributed by atoms with Crippen molar-refractivity contribution in [1.29, 1.82) is 0 Å². The number of carbonyl (C=O) groups is 1. The predicted octanol–water partition coefficient (Wildman–Crippen LogP) is 2.43. The number of para-hydroxylation sites is 1. The number of fused-ring (bicyclic) bond motifs is 1. The summed E-state index contributed by atoms with van der Waals surface area (Å²) in [5.74, 6) is -0.248. The van der Waals surface area contributed by atoms with E-state index in [0.29, 0.717) is 5.56 Å². The minimum absolute atomic E-state index is 0.248. The third kappa shape index (κ3) is 1.63. The van der Waals surface area contributed by atoms with Crippen molar-refractivity contribution in [2.45, 2.75) is 26.4 Å². The second-order valence-corrected chi connectivity index (χ2v) is 4.56. The Bertz CT molecular complexity index is 547. The maximum absolute atomic E-state index is 12.1. The second-order valence-electron chi connectivity index (χ2n) is 4.56. The van der Waals surface area contributed by atoms with Crippen molar-refractivity contribution >= 4 is 16.7 Å². The molecule has 3 heteroatoms. The zero-order valence-electron chi connectivity index (χ0n) is 9.66. The van der Waals surface area contributed by atoms with Crippen LogP contribution in [-0.4, -0.2) is 21.5 Å². The van der Waals surface area contributed by atoms with Crippen LogP contribution in [0.3, 0.4) is 0 Å². The lowest BCUT2D eigenvalue weighted by Gasteiger charge is -2.15. The molecule has 1 aromatic carbocycles. The number of hydrogen-bond donors (Lipinski definition) is 2. The highest BCUT2D eigenvalue weighted by Gasteiger charge is 2.28. The van der Waals surface area contributed by atoms with Crippen LogP contribution in [0.5, 0.6) is 0 Å². The Morgan fingerprint density at radius 3 is 2.56 bits per heavy atom. The van der Waals surface area contributed by atoms with Gasteiger partial charge in [-0.05, 0) is 26.8 Å². The van der Waals surface area contributed by atoms with Crippen molar-refractivity contribution in [1.82, 2.24) is 4.98 Å². The summed E-state index contributed by atoms with van der Waals surface area (Å²) >= 11 is 0. The molecule has 84 valence electrons. The van der Waals surface area contributed by atoms with Gasteiger partial charge in [0.1, 0.15) is 5.60 Å². The number of nitrogens with one attached hydrogen (secondary N) is 1. The van der Waals surface area contributed by atoms with Gasteiger partial charge < -0.3 is 10.1 Å². The third-order valence-electron chi connectivity index (χ3n) is 2.68. The Kier molecular flexibility index (Phi) is 2.35. The summed E-state index contributed by atoms with van der Waals surface area (Å²) in [7, 11) is 0. The van der Waals surface area contributed by atoms with Crippen molar-refractivity contribution in [2.24, 2.45) is 0 Å². The van der Waals surface area contributed by atoms with Gasteiger partial charge in [0.25, 0.3) is 0 Å². The first kappa shape index (κ1) is 10.9. The van der Waals surface area contributed by atoms with Gasteiger partial charge >= 0.3 is 0 Å². The van der Waals surface area contributed by atoms with Crippen LogP contribution in [-0.2, 0) is 0 Å². The summed E-state index contributed by atoms with van der Waals surface area (Å²) in [6.07, 6.45) is 0. The Morgan fingerprint density at radius 1 is 1.31 bits per heavy atom.